The molecule has 0 bridgehead atoms. The van der Waals surface area contributed by atoms with Crippen LogP contribution in [0, 0.1) is 0 Å². The summed E-state index contributed by atoms with van der Waals surface area (Å²) in [5, 5.41) is 6.16. The summed E-state index contributed by atoms with van der Waals surface area (Å²) in [4.78, 5) is 0. The maximum Gasteiger partial charge on any atom is 0.124 e. The summed E-state index contributed by atoms with van der Waals surface area (Å²) in [5.74, 6) is 0.940. The van der Waals surface area contributed by atoms with E-state index in [-0.39, 0.29) is 0 Å². The van der Waals surface area contributed by atoms with Gasteiger partial charge >= 0.3 is 0 Å². The van der Waals surface area contributed by atoms with Gasteiger partial charge < -0.3 is 9.75 Å². The van der Waals surface area contributed by atoms with Crippen LogP contribution in [0.4, 0.5) is 0 Å². The fraction of sp³-hybridized carbons (Fsp3) is 0.462. The zero-order valence-electron chi connectivity index (χ0n) is 10.2. The van der Waals surface area contributed by atoms with Crippen molar-refractivity contribution in [3.8, 4) is 0 Å². The lowest BCUT2D eigenvalue weighted by atomic mass is 10.0. The van der Waals surface area contributed by atoms with Gasteiger partial charge in [0.15, 0.2) is 0 Å². The van der Waals surface area contributed by atoms with E-state index in [1.54, 1.807) is 5.01 Å². The first-order valence-corrected chi connectivity index (χ1v) is 5.58. The fourth-order valence-corrected chi connectivity index (χ4v) is 1.54. The Hall–Kier alpha value is -1.51. The minimum atomic E-state index is 0.418. The molecule has 2 aliphatic carbocycles. The summed E-state index contributed by atoms with van der Waals surface area (Å²) in [6.07, 6.45) is 6.77. The molecule has 0 aromatic heterocycles. The zero-order valence-corrected chi connectivity index (χ0v) is 10.2. The lowest BCUT2D eigenvalue weighted by molar-refractivity contribution is 0.205. The molecule has 0 aromatic carbocycles. The maximum atomic E-state index is 5.83. The van der Waals surface area contributed by atoms with Crippen LogP contribution in [-0.2, 0) is 4.74 Å². The average Bonchev–Trinajstić information content (AvgIpc) is 2.96. The van der Waals surface area contributed by atoms with Gasteiger partial charge in [-0.3, -0.25) is 0 Å². The van der Waals surface area contributed by atoms with Crippen LogP contribution < -0.4 is 0 Å². The number of hydrogen-bond donors (Lipinski definition) is 0. The van der Waals surface area contributed by atoms with E-state index in [1.165, 1.54) is 12.8 Å². The second kappa shape index (κ2) is 4.16. The molecule has 2 rings (SSSR count). The van der Waals surface area contributed by atoms with Gasteiger partial charge in [0.1, 0.15) is 5.76 Å². The van der Waals surface area contributed by atoms with Gasteiger partial charge in [-0.05, 0) is 37.0 Å². The topological polar surface area (TPSA) is 24.8 Å². The number of ether oxygens (including phenoxy) is 1. The van der Waals surface area contributed by atoms with Gasteiger partial charge in [0, 0.05) is 20.2 Å². The molecule has 3 nitrogen and oxygen atoms in total. The van der Waals surface area contributed by atoms with Gasteiger partial charge in [-0.2, -0.15) is 5.10 Å². The van der Waals surface area contributed by atoms with E-state index in [0.717, 1.165) is 22.6 Å². The Bertz CT molecular complexity index is 398. The molecule has 0 aromatic rings. The van der Waals surface area contributed by atoms with E-state index in [4.69, 9.17) is 4.74 Å². The van der Waals surface area contributed by atoms with Gasteiger partial charge in [0.25, 0.3) is 0 Å². The first kappa shape index (κ1) is 11.0. The summed E-state index contributed by atoms with van der Waals surface area (Å²) in [7, 11) is 3.81. The summed E-state index contributed by atoms with van der Waals surface area (Å²) in [5.41, 5.74) is 2.95. The number of hydrazone groups is 1. The van der Waals surface area contributed by atoms with Crippen LogP contribution in [0.2, 0.25) is 0 Å². The normalized spacial score (nSPS) is 22.9. The van der Waals surface area contributed by atoms with Gasteiger partial charge in [0.2, 0.25) is 0 Å². The molecule has 2 aliphatic rings. The predicted molar refractivity (Wildman–Crippen MR) is 66.2 cm³/mol. The monoisotopic (exact) mass is 218 g/mol. The van der Waals surface area contributed by atoms with Gasteiger partial charge in [-0.15, -0.1) is 0 Å². The molecular weight excluding hydrogens is 200 g/mol. The zero-order chi connectivity index (χ0) is 11.7. The Labute approximate surface area is 96.8 Å². The molecule has 1 fully saturated rings. The predicted octanol–water partition coefficient (Wildman–Crippen LogP) is 2.48. The Morgan fingerprint density at radius 2 is 2.06 bits per heavy atom. The van der Waals surface area contributed by atoms with E-state index in [0.29, 0.717) is 6.10 Å². The van der Waals surface area contributed by atoms with Crippen LogP contribution in [0.15, 0.2) is 40.7 Å². The molecule has 16 heavy (non-hydrogen) atoms. The van der Waals surface area contributed by atoms with Gasteiger partial charge in [0.05, 0.1) is 11.8 Å². The molecular formula is C13H18N2O. The Balaban J connectivity index is 2.21. The molecule has 0 atom stereocenters. The molecule has 0 saturated heterocycles. The van der Waals surface area contributed by atoms with Crippen molar-refractivity contribution in [1.29, 1.82) is 0 Å². The SMILES string of the molecule is C=C1C=C(C)C(OC2CC2)=C/C1=N/N(C)C. The van der Waals surface area contributed by atoms with Crippen molar-refractivity contribution in [2.45, 2.75) is 25.9 Å². The van der Waals surface area contributed by atoms with Gasteiger partial charge in [-0.1, -0.05) is 6.58 Å². The lowest BCUT2D eigenvalue weighted by Gasteiger charge is -2.17. The molecule has 0 heterocycles. The highest BCUT2D eigenvalue weighted by Gasteiger charge is 2.26. The number of rotatable bonds is 3. The van der Waals surface area contributed by atoms with Crippen LogP contribution in [0.5, 0.6) is 0 Å². The van der Waals surface area contributed by atoms with E-state index >= 15 is 0 Å². The maximum absolute atomic E-state index is 5.83. The minimum absolute atomic E-state index is 0.418. The summed E-state index contributed by atoms with van der Waals surface area (Å²) >= 11 is 0. The van der Waals surface area contributed by atoms with Crippen molar-refractivity contribution in [3.05, 3.63) is 35.6 Å². The van der Waals surface area contributed by atoms with Crippen molar-refractivity contribution in [2.24, 2.45) is 5.10 Å². The van der Waals surface area contributed by atoms with Crippen LogP contribution in [0.3, 0.4) is 0 Å². The molecule has 1 saturated carbocycles. The van der Waals surface area contributed by atoms with E-state index in [9.17, 15) is 0 Å². The summed E-state index contributed by atoms with van der Waals surface area (Å²) < 4.78 is 5.83. The number of allylic oxidation sites excluding steroid dienone is 4. The third-order valence-electron chi connectivity index (χ3n) is 2.50. The van der Waals surface area contributed by atoms with Crippen LogP contribution >= 0.6 is 0 Å². The Morgan fingerprint density at radius 1 is 1.38 bits per heavy atom. The third-order valence-corrected chi connectivity index (χ3v) is 2.50. The van der Waals surface area contributed by atoms with Crippen molar-refractivity contribution in [3.63, 3.8) is 0 Å². The highest BCUT2D eigenvalue weighted by molar-refractivity contribution is 6.11. The first-order chi connectivity index (χ1) is 7.56. The van der Waals surface area contributed by atoms with Crippen molar-refractivity contribution in [1.82, 2.24) is 5.01 Å². The minimum Gasteiger partial charge on any atom is -0.490 e. The quantitative estimate of drug-likeness (QED) is 0.680. The lowest BCUT2D eigenvalue weighted by Crippen LogP contribution is -2.13. The molecule has 86 valence electrons. The third kappa shape index (κ3) is 2.54. The summed E-state index contributed by atoms with van der Waals surface area (Å²) in [6.45, 7) is 6.04. The van der Waals surface area contributed by atoms with Crippen LogP contribution in [0.25, 0.3) is 0 Å². The smallest absolute Gasteiger partial charge is 0.124 e. The number of nitrogens with zero attached hydrogens (tertiary/aromatic N) is 2. The highest BCUT2D eigenvalue weighted by Crippen LogP contribution is 2.30. The second-order valence-corrected chi connectivity index (χ2v) is 4.51. The average molecular weight is 218 g/mol. The van der Waals surface area contributed by atoms with Gasteiger partial charge in [-0.25, -0.2) is 0 Å². The van der Waals surface area contributed by atoms with Crippen LogP contribution in [-0.4, -0.2) is 30.9 Å². The molecule has 3 heteroatoms. The molecule has 0 amide bonds. The fourth-order valence-electron chi connectivity index (χ4n) is 1.54. The largest absolute Gasteiger partial charge is 0.490 e. The molecule has 0 N–H and O–H groups in total. The van der Waals surface area contributed by atoms with Crippen molar-refractivity contribution in [2.75, 3.05) is 14.1 Å². The van der Waals surface area contributed by atoms with Crippen molar-refractivity contribution < 1.29 is 4.74 Å². The van der Waals surface area contributed by atoms with Crippen LogP contribution in [0.1, 0.15) is 19.8 Å². The van der Waals surface area contributed by atoms with E-state index in [1.807, 2.05) is 33.2 Å². The van der Waals surface area contributed by atoms with E-state index < -0.39 is 0 Å². The number of hydrogen-bond acceptors (Lipinski definition) is 3. The van der Waals surface area contributed by atoms with Crippen molar-refractivity contribution >= 4 is 5.71 Å². The standard InChI is InChI=1S/C13H18N2O/c1-9-7-10(2)13(16-11-5-6-11)8-12(9)14-15(3)4/h7-8,11H,1,5-6H2,2-4H3/b14-12-. The Kier molecular flexibility index (Phi) is 2.86. The highest BCUT2D eigenvalue weighted by atomic mass is 16.5. The van der Waals surface area contributed by atoms with E-state index in [2.05, 4.69) is 11.7 Å². The Morgan fingerprint density at radius 3 is 2.62 bits per heavy atom. The first-order valence-electron chi connectivity index (χ1n) is 5.58. The molecule has 0 radical (unpaired) electrons. The molecule has 0 unspecified atom stereocenters. The molecule has 0 aliphatic heterocycles. The molecule has 0 spiro atoms. The second-order valence-electron chi connectivity index (χ2n) is 4.51. The summed E-state index contributed by atoms with van der Waals surface area (Å²) in [6, 6.07) is 0.